The van der Waals surface area contributed by atoms with Crippen molar-refractivity contribution in [2.45, 2.75) is 50.5 Å². The topological polar surface area (TPSA) is 102 Å². The van der Waals surface area contributed by atoms with Crippen LogP contribution in [0.15, 0.2) is 82.2 Å². The van der Waals surface area contributed by atoms with Gasteiger partial charge in [0.25, 0.3) is 5.91 Å². The fraction of sp³-hybridized carbons (Fsp3) is 0.375. The van der Waals surface area contributed by atoms with E-state index in [9.17, 15) is 18.0 Å². The quantitative estimate of drug-likeness (QED) is 0.239. The van der Waals surface area contributed by atoms with E-state index in [-0.39, 0.29) is 16.4 Å². The first-order chi connectivity index (χ1) is 20.1. The molecule has 1 aliphatic heterocycles. The van der Waals surface area contributed by atoms with Crippen molar-refractivity contribution in [3.63, 3.8) is 0 Å². The third-order valence-corrected chi connectivity index (χ3v) is 10.4. The number of hydrogen-bond donors (Lipinski definition) is 1. The lowest BCUT2D eigenvalue weighted by Crippen LogP contribution is -2.37. The zero-order chi connectivity index (χ0) is 30.3. The third kappa shape index (κ3) is 7.15. The SMILES string of the molecule is CCCC[C@]1(CC)CN(c2ccccc2)c2cc(Br)c(OCC(=O)N[C@@H](C(=O)OC)c3ccccc3)cc2S(=O)(=O)C1. The first-order valence-corrected chi connectivity index (χ1v) is 16.5. The zero-order valence-electron chi connectivity index (χ0n) is 24.1. The van der Waals surface area contributed by atoms with E-state index < -0.39 is 39.8 Å². The lowest BCUT2D eigenvalue weighted by atomic mass is 9.81. The van der Waals surface area contributed by atoms with E-state index in [1.807, 2.05) is 30.3 Å². The maximum absolute atomic E-state index is 14.0. The Bertz CT molecular complexity index is 1500. The summed E-state index contributed by atoms with van der Waals surface area (Å²) in [5, 5.41) is 2.65. The molecule has 0 fully saturated rings. The zero-order valence-corrected chi connectivity index (χ0v) is 26.5. The Hall–Kier alpha value is -3.37. The van der Waals surface area contributed by atoms with E-state index >= 15 is 0 Å². The van der Waals surface area contributed by atoms with Gasteiger partial charge in [0.1, 0.15) is 5.75 Å². The van der Waals surface area contributed by atoms with E-state index in [4.69, 9.17) is 9.47 Å². The highest BCUT2D eigenvalue weighted by Crippen LogP contribution is 2.46. The molecule has 1 aliphatic rings. The molecule has 10 heteroatoms. The number of anilines is 2. The van der Waals surface area contributed by atoms with Crippen LogP contribution in [0.1, 0.15) is 51.1 Å². The van der Waals surface area contributed by atoms with Crippen LogP contribution in [0.4, 0.5) is 11.4 Å². The van der Waals surface area contributed by atoms with Crippen LogP contribution in [0.3, 0.4) is 0 Å². The predicted molar refractivity (Wildman–Crippen MR) is 167 cm³/mol. The number of nitrogens with zero attached hydrogens (tertiary/aromatic N) is 1. The van der Waals surface area contributed by atoms with Crippen molar-refractivity contribution in [2.24, 2.45) is 5.41 Å². The summed E-state index contributed by atoms with van der Waals surface area (Å²) < 4.78 is 39.2. The molecule has 0 spiro atoms. The van der Waals surface area contributed by atoms with Crippen molar-refractivity contribution in [1.82, 2.24) is 5.32 Å². The molecule has 3 aromatic rings. The molecule has 0 bridgehead atoms. The van der Waals surface area contributed by atoms with Gasteiger partial charge in [0.05, 0.1) is 27.9 Å². The Balaban J connectivity index is 1.66. The first kappa shape index (κ1) is 31.6. The van der Waals surface area contributed by atoms with Gasteiger partial charge in [-0.2, -0.15) is 0 Å². The average Bonchev–Trinajstić information content (AvgIpc) is 3.09. The minimum atomic E-state index is -3.72. The van der Waals surface area contributed by atoms with Crippen molar-refractivity contribution in [1.29, 1.82) is 0 Å². The molecule has 0 saturated carbocycles. The maximum Gasteiger partial charge on any atom is 0.333 e. The fourth-order valence-electron chi connectivity index (χ4n) is 5.36. The summed E-state index contributed by atoms with van der Waals surface area (Å²) in [7, 11) is -2.47. The lowest BCUT2D eigenvalue weighted by molar-refractivity contribution is -0.145. The predicted octanol–water partition coefficient (Wildman–Crippen LogP) is 6.37. The van der Waals surface area contributed by atoms with Gasteiger partial charge in [0.15, 0.2) is 22.5 Å². The minimum absolute atomic E-state index is 0.0201. The van der Waals surface area contributed by atoms with Crippen LogP contribution in [0.5, 0.6) is 5.75 Å². The van der Waals surface area contributed by atoms with Gasteiger partial charge in [-0.05, 0) is 52.5 Å². The van der Waals surface area contributed by atoms with Crippen LogP contribution in [0.2, 0.25) is 0 Å². The number of benzene rings is 3. The lowest BCUT2D eigenvalue weighted by Gasteiger charge is -2.36. The number of carbonyl (C=O) groups is 2. The second-order valence-electron chi connectivity index (χ2n) is 10.6. The molecule has 8 nitrogen and oxygen atoms in total. The fourth-order valence-corrected chi connectivity index (χ4v) is 7.98. The van der Waals surface area contributed by atoms with Gasteiger partial charge in [-0.15, -0.1) is 0 Å². The molecule has 3 aromatic carbocycles. The van der Waals surface area contributed by atoms with E-state index in [1.165, 1.54) is 13.2 Å². The van der Waals surface area contributed by atoms with Gasteiger partial charge in [-0.25, -0.2) is 13.2 Å². The van der Waals surface area contributed by atoms with Gasteiger partial charge in [0, 0.05) is 23.7 Å². The summed E-state index contributed by atoms with van der Waals surface area (Å²) in [5.74, 6) is -0.941. The molecule has 42 heavy (non-hydrogen) atoms. The smallest absolute Gasteiger partial charge is 0.333 e. The first-order valence-electron chi connectivity index (χ1n) is 14.1. The Morgan fingerprint density at radius 2 is 1.71 bits per heavy atom. The summed E-state index contributed by atoms with van der Waals surface area (Å²) in [4.78, 5) is 27.5. The second kappa shape index (κ2) is 13.7. The monoisotopic (exact) mass is 656 g/mol. The van der Waals surface area contributed by atoms with Crippen LogP contribution >= 0.6 is 15.9 Å². The number of fused-ring (bicyclic) bond motifs is 1. The molecule has 224 valence electrons. The average molecular weight is 658 g/mol. The number of hydrogen-bond acceptors (Lipinski definition) is 7. The highest BCUT2D eigenvalue weighted by atomic mass is 79.9. The number of sulfone groups is 1. The van der Waals surface area contributed by atoms with Crippen LogP contribution in [-0.4, -0.2) is 46.3 Å². The van der Waals surface area contributed by atoms with Gasteiger partial charge in [-0.3, -0.25) is 4.79 Å². The molecular formula is C32H37BrN2O6S. The van der Waals surface area contributed by atoms with Crippen molar-refractivity contribution < 1.29 is 27.5 Å². The molecule has 0 aliphatic carbocycles. The molecule has 1 heterocycles. The van der Waals surface area contributed by atoms with Crippen LogP contribution in [0, 0.1) is 5.41 Å². The van der Waals surface area contributed by atoms with Gasteiger partial charge in [-0.1, -0.05) is 75.2 Å². The van der Waals surface area contributed by atoms with Crippen molar-refractivity contribution in [2.75, 3.05) is 30.9 Å². The van der Waals surface area contributed by atoms with E-state index in [0.717, 1.165) is 31.4 Å². The van der Waals surface area contributed by atoms with E-state index in [1.54, 1.807) is 36.4 Å². The number of methoxy groups -OCH3 is 1. The van der Waals surface area contributed by atoms with Crippen LogP contribution in [0.25, 0.3) is 0 Å². The van der Waals surface area contributed by atoms with Gasteiger partial charge < -0.3 is 19.7 Å². The molecule has 4 rings (SSSR count). The summed E-state index contributed by atoms with van der Waals surface area (Å²) >= 11 is 3.55. The Kier molecular flexibility index (Phi) is 10.3. The molecule has 0 radical (unpaired) electrons. The number of ether oxygens (including phenoxy) is 2. The molecule has 1 N–H and O–H groups in total. The minimum Gasteiger partial charge on any atom is -0.483 e. The van der Waals surface area contributed by atoms with E-state index in [2.05, 4.69) is 40.0 Å². The second-order valence-corrected chi connectivity index (χ2v) is 13.4. The van der Waals surface area contributed by atoms with Gasteiger partial charge in [0.2, 0.25) is 0 Å². The molecular weight excluding hydrogens is 620 g/mol. The number of nitrogens with one attached hydrogen (secondary N) is 1. The van der Waals surface area contributed by atoms with E-state index in [0.29, 0.717) is 22.3 Å². The molecule has 0 saturated heterocycles. The largest absolute Gasteiger partial charge is 0.483 e. The number of para-hydroxylation sites is 1. The summed E-state index contributed by atoms with van der Waals surface area (Å²) in [6.45, 7) is 4.30. The molecule has 2 atom stereocenters. The van der Waals surface area contributed by atoms with Gasteiger partial charge >= 0.3 is 5.97 Å². The number of carbonyl (C=O) groups excluding carboxylic acids is 2. The standard InChI is InChI=1S/C32H37BrN2O6S/c1-4-6-17-32(5-2)21-35(24-15-11-8-12-16-24)26-18-25(33)27(19-28(26)42(38,39)22-32)41-20-29(36)34-30(31(37)40-3)23-13-9-7-10-14-23/h7-16,18-19,30H,4-6,17,20-22H2,1-3H3,(H,34,36)/t30-,32-/m1/s1. The Labute approximate surface area is 256 Å². The van der Waals surface area contributed by atoms with Crippen LogP contribution < -0.4 is 15.0 Å². The summed E-state index contributed by atoms with van der Waals surface area (Å²) in [5.41, 5.74) is 1.60. The number of esters is 1. The third-order valence-electron chi connectivity index (χ3n) is 7.74. The van der Waals surface area contributed by atoms with Crippen molar-refractivity contribution in [3.05, 3.63) is 82.8 Å². The number of halogens is 1. The summed E-state index contributed by atoms with van der Waals surface area (Å²) in [6.07, 6.45) is 3.43. The number of rotatable bonds is 11. The van der Waals surface area contributed by atoms with Crippen molar-refractivity contribution in [3.8, 4) is 5.75 Å². The number of amides is 1. The Morgan fingerprint density at radius 1 is 1.05 bits per heavy atom. The summed E-state index contributed by atoms with van der Waals surface area (Å²) in [6, 6.07) is 20.8. The highest BCUT2D eigenvalue weighted by Gasteiger charge is 2.42. The number of unbranched alkanes of at least 4 members (excludes halogenated alkanes) is 1. The molecule has 1 amide bonds. The normalized spacial score (nSPS) is 18.3. The van der Waals surface area contributed by atoms with Crippen molar-refractivity contribution >= 4 is 49.0 Å². The Morgan fingerprint density at radius 3 is 2.33 bits per heavy atom. The van der Waals surface area contributed by atoms with Crippen LogP contribution in [-0.2, 0) is 24.2 Å². The molecule has 0 unspecified atom stereocenters. The molecule has 0 aromatic heterocycles. The highest BCUT2D eigenvalue weighted by molar-refractivity contribution is 9.10. The maximum atomic E-state index is 14.0.